The molecule has 17 heavy (non-hydrogen) atoms. The fourth-order valence-corrected chi connectivity index (χ4v) is 2.76. The van der Waals surface area contributed by atoms with Gasteiger partial charge in [0.2, 0.25) is 0 Å². The molecule has 3 unspecified atom stereocenters. The monoisotopic (exact) mass is 234 g/mol. The van der Waals surface area contributed by atoms with E-state index in [9.17, 15) is 5.11 Å². The van der Waals surface area contributed by atoms with Crippen LogP contribution in [-0.4, -0.2) is 23.4 Å². The molecule has 92 valence electrons. The van der Waals surface area contributed by atoms with E-state index in [-0.39, 0.29) is 12.2 Å². The first-order valence-corrected chi connectivity index (χ1v) is 6.33. The molecule has 2 aliphatic rings. The molecule has 3 heteroatoms. The third-order valence-corrected chi connectivity index (χ3v) is 3.69. The predicted octanol–water partition coefficient (Wildman–Crippen LogP) is 2.44. The lowest BCUT2D eigenvalue weighted by Gasteiger charge is -2.32. The van der Waals surface area contributed by atoms with Crippen LogP contribution in [0.3, 0.4) is 0 Å². The number of benzene rings is 1. The molecular weight excluding hydrogens is 216 g/mol. The van der Waals surface area contributed by atoms with Crippen LogP contribution in [0, 0.1) is 0 Å². The average Bonchev–Trinajstić information content (AvgIpc) is 2.76. The molecule has 1 aromatic rings. The lowest BCUT2D eigenvalue weighted by molar-refractivity contribution is -0.0465. The number of rotatable bonds is 1. The van der Waals surface area contributed by atoms with Gasteiger partial charge in [0.15, 0.2) is 0 Å². The number of aliphatic hydroxyl groups is 1. The molecule has 0 aliphatic carbocycles. The Bertz CT molecular complexity index is 404. The van der Waals surface area contributed by atoms with Crippen LogP contribution in [0.15, 0.2) is 24.3 Å². The molecule has 2 heterocycles. The smallest absolute Gasteiger partial charge is 0.128 e. The summed E-state index contributed by atoms with van der Waals surface area (Å²) in [5.41, 5.74) is 0.898. The summed E-state index contributed by atoms with van der Waals surface area (Å²) in [5, 5.41) is 10.1. The summed E-state index contributed by atoms with van der Waals surface area (Å²) in [7, 11) is 0. The van der Waals surface area contributed by atoms with E-state index in [0.29, 0.717) is 12.5 Å². The highest BCUT2D eigenvalue weighted by Gasteiger charge is 2.36. The van der Waals surface area contributed by atoms with Crippen molar-refractivity contribution in [3.8, 4) is 5.75 Å². The molecule has 4 atom stereocenters. The topological polar surface area (TPSA) is 38.7 Å². The van der Waals surface area contributed by atoms with E-state index in [2.05, 4.69) is 6.92 Å². The lowest BCUT2D eigenvalue weighted by Crippen LogP contribution is -2.36. The first-order chi connectivity index (χ1) is 8.24. The maximum Gasteiger partial charge on any atom is 0.128 e. The molecule has 1 saturated heterocycles. The van der Waals surface area contributed by atoms with Crippen molar-refractivity contribution in [3.63, 3.8) is 0 Å². The van der Waals surface area contributed by atoms with Gasteiger partial charge in [0.1, 0.15) is 11.9 Å². The second-order valence-corrected chi connectivity index (χ2v) is 5.01. The molecule has 0 aromatic heterocycles. The van der Waals surface area contributed by atoms with Gasteiger partial charge < -0.3 is 14.6 Å². The van der Waals surface area contributed by atoms with Gasteiger partial charge in [-0.2, -0.15) is 0 Å². The highest BCUT2D eigenvalue weighted by molar-refractivity contribution is 5.37. The zero-order chi connectivity index (χ0) is 11.8. The quantitative estimate of drug-likeness (QED) is 0.811. The van der Waals surface area contributed by atoms with Crippen molar-refractivity contribution in [2.24, 2.45) is 0 Å². The van der Waals surface area contributed by atoms with Crippen LogP contribution in [0.4, 0.5) is 0 Å². The van der Waals surface area contributed by atoms with Gasteiger partial charge in [0.25, 0.3) is 0 Å². The summed E-state index contributed by atoms with van der Waals surface area (Å²) in [6, 6.07) is 7.71. The van der Waals surface area contributed by atoms with E-state index in [0.717, 1.165) is 24.2 Å². The molecule has 3 nitrogen and oxygen atoms in total. The largest absolute Gasteiger partial charge is 0.487 e. The number of hydrogen-bond acceptors (Lipinski definition) is 3. The number of aliphatic hydroxyl groups excluding tert-OH is 1. The second kappa shape index (κ2) is 4.31. The fourth-order valence-electron chi connectivity index (χ4n) is 2.76. The molecule has 1 N–H and O–H groups in total. The van der Waals surface area contributed by atoms with Crippen molar-refractivity contribution in [2.45, 2.75) is 50.6 Å². The molecule has 0 saturated carbocycles. The Kier molecular flexibility index (Phi) is 2.81. The summed E-state index contributed by atoms with van der Waals surface area (Å²) in [6.45, 7) is 2.09. The van der Waals surface area contributed by atoms with E-state index in [1.807, 2.05) is 24.3 Å². The fraction of sp³-hybridized carbons (Fsp3) is 0.571. The van der Waals surface area contributed by atoms with E-state index in [4.69, 9.17) is 9.47 Å². The minimum Gasteiger partial charge on any atom is -0.487 e. The van der Waals surface area contributed by atoms with E-state index in [1.165, 1.54) is 0 Å². The van der Waals surface area contributed by atoms with Gasteiger partial charge in [0, 0.05) is 12.0 Å². The summed E-state index contributed by atoms with van der Waals surface area (Å²) in [6.07, 6.45) is 2.76. The summed E-state index contributed by atoms with van der Waals surface area (Å²) < 4.78 is 11.8. The van der Waals surface area contributed by atoms with Gasteiger partial charge in [-0.3, -0.25) is 0 Å². The van der Waals surface area contributed by atoms with Gasteiger partial charge in [-0.05, 0) is 25.8 Å². The molecule has 2 aliphatic heterocycles. The maximum absolute atomic E-state index is 10.1. The van der Waals surface area contributed by atoms with Gasteiger partial charge in [0.05, 0.1) is 18.3 Å². The third kappa shape index (κ3) is 2.05. The Morgan fingerprint density at radius 1 is 1.18 bits per heavy atom. The maximum atomic E-state index is 10.1. The van der Waals surface area contributed by atoms with Crippen molar-refractivity contribution in [3.05, 3.63) is 29.8 Å². The van der Waals surface area contributed by atoms with Gasteiger partial charge in [-0.15, -0.1) is 0 Å². The van der Waals surface area contributed by atoms with Crippen LogP contribution in [0.5, 0.6) is 5.75 Å². The normalized spacial score (nSPS) is 36.4. The minimum absolute atomic E-state index is 0.00940. The number of para-hydroxylation sites is 1. The Labute approximate surface area is 101 Å². The van der Waals surface area contributed by atoms with Crippen LogP contribution in [0.25, 0.3) is 0 Å². The van der Waals surface area contributed by atoms with E-state index in [1.54, 1.807) is 0 Å². The summed E-state index contributed by atoms with van der Waals surface area (Å²) >= 11 is 0. The van der Waals surface area contributed by atoms with Crippen molar-refractivity contribution in [1.82, 2.24) is 0 Å². The minimum atomic E-state index is -0.426. The molecule has 1 fully saturated rings. The van der Waals surface area contributed by atoms with Crippen LogP contribution in [-0.2, 0) is 4.74 Å². The molecular formula is C14H18O3. The van der Waals surface area contributed by atoms with Crippen LogP contribution in [0.2, 0.25) is 0 Å². The van der Waals surface area contributed by atoms with Gasteiger partial charge >= 0.3 is 0 Å². The summed E-state index contributed by atoms with van der Waals surface area (Å²) in [4.78, 5) is 0. The Hall–Kier alpha value is -1.06. The van der Waals surface area contributed by atoms with Crippen LogP contribution >= 0.6 is 0 Å². The standard InChI is InChI=1S/C14H18O3/c1-9-6-7-13(16-9)14-8-11(15)10-4-2-3-5-12(10)17-14/h2-5,9,11,13-15H,6-8H2,1H3/t9?,11-,13?,14?/m0/s1. The van der Waals surface area contributed by atoms with Crippen molar-refractivity contribution >= 4 is 0 Å². The first-order valence-electron chi connectivity index (χ1n) is 6.33. The Morgan fingerprint density at radius 3 is 2.76 bits per heavy atom. The number of ether oxygens (including phenoxy) is 2. The SMILES string of the molecule is CC1CCC(C2C[C@H](O)c3ccccc3O2)O1. The van der Waals surface area contributed by atoms with E-state index >= 15 is 0 Å². The highest BCUT2D eigenvalue weighted by atomic mass is 16.6. The zero-order valence-electron chi connectivity index (χ0n) is 10.0. The lowest BCUT2D eigenvalue weighted by atomic mass is 9.95. The van der Waals surface area contributed by atoms with Crippen molar-refractivity contribution < 1.29 is 14.6 Å². The van der Waals surface area contributed by atoms with Gasteiger partial charge in [-0.1, -0.05) is 18.2 Å². The first kappa shape index (κ1) is 11.1. The van der Waals surface area contributed by atoms with Crippen LogP contribution in [0.1, 0.15) is 37.9 Å². The van der Waals surface area contributed by atoms with Gasteiger partial charge in [-0.25, -0.2) is 0 Å². The molecule has 3 rings (SSSR count). The predicted molar refractivity (Wildman–Crippen MR) is 64.0 cm³/mol. The number of fused-ring (bicyclic) bond motifs is 1. The highest BCUT2D eigenvalue weighted by Crippen LogP contribution is 2.38. The Balaban J connectivity index is 1.79. The Morgan fingerprint density at radius 2 is 2.00 bits per heavy atom. The molecule has 1 aromatic carbocycles. The molecule has 0 amide bonds. The number of hydrogen-bond donors (Lipinski definition) is 1. The molecule has 0 spiro atoms. The van der Waals surface area contributed by atoms with Crippen LogP contribution < -0.4 is 4.74 Å². The van der Waals surface area contributed by atoms with E-state index < -0.39 is 6.10 Å². The summed E-state index contributed by atoms with van der Waals surface area (Å²) in [5.74, 6) is 0.805. The molecule has 0 bridgehead atoms. The third-order valence-electron chi connectivity index (χ3n) is 3.69. The molecule has 0 radical (unpaired) electrons. The van der Waals surface area contributed by atoms with Crippen molar-refractivity contribution in [2.75, 3.05) is 0 Å². The zero-order valence-corrected chi connectivity index (χ0v) is 10.0. The van der Waals surface area contributed by atoms with Crippen molar-refractivity contribution in [1.29, 1.82) is 0 Å². The second-order valence-electron chi connectivity index (χ2n) is 5.01. The average molecular weight is 234 g/mol.